The summed E-state index contributed by atoms with van der Waals surface area (Å²) in [6, 6.07) is 45.6. The van der Waals surface area contributed by atoms with Crippen molar-refractivity contribution in [1.29, 1.82) is 0 Å². The van der Waals surface area contributed by atoms with Gasteiger partial charge >= 0.3 is 0 Å². The van der Waals surface area contributed by atoms with Crippen molar-refractivity contribution in [2.24, 2.45) is 0 Å². The van der Waals surface area contributed by atoms with Gasteiger partial charge in [0.05, 0.1) is 0 Å². The van der Waals surface area contributed by atoms with Gasteiger partial charge in [0.15, 0.2) is 0 Å². The van der Waals surface area contributed by atoms with Gasteiger partial charge in [0.2, 0.25) is 0 Å². The molecule has 0 radical (unpaired) electrons. The lowest BCUT2D eigenvalue weighted by Gasteiger charge is -2.30. The highest BCUT2D eigenvalue weighted by Crippen LogP contribution is 2.40. The van der Waals surface area contributed by atoms with Gasteiger partial charge in [-0.15, -0.1) is 0 Å². The Morgan fingerprint density at radius 3 is 1.49 bits per heavy atom. The Hall–Kier alpha value is -5.40. The average molecular weight is 610 g/mol. The van der Waals surface area contributed by atoms with Gasteiger partial charge in [-0.05, 0) is 102 Å². The Labute approximate surface area is 281 Å². The summed E-state index contributed by atoms with van der Waals surface area (Å²) in [5.41, 5.74) is 11.5. The first-order valence-electron chi connectivity index (χ1n) is 16.9. The van der Waals surface area contributed by atoms with E-state index in [2.05, 4.69) is 187 Å². The molecule has 1 aliphatic rings. The zero-order valence-corrected chi connectivity index (χ0v) is 27.1. The van der Waals surface area contributed by atoms with E-state index >= 15 is 0 Å². The molecule has 1 nitrogen and oxygen atoms in total. The average Bonchev–Trinajstić information content (AvgIpc) is 3.13. The topological polar surface area (TPSA) is 3.24 Å². The summed E-state index contributed by atoms with van der Waals surface area (Å²) in [5, 5.41) is 0. The number of fused-ring (bicyclic) bond motifs is 1. The molecule has 0 aromatic heterocycles. The molecule has 0 amide bonds. The number of anilines is 3. The van der Waals surface area contributed by atoms with Gasteiger partial charge in [-0.3, -0.25) is 0 Å². The second-order valence-electron chi connectivity index (χ2n) is 11.9. The molecule has 47 heavy (non-hydrogen) atoms. The number of unbranched alkanes of at least 4 members (excludes halogenated alkanes) is 1. The second-order valence-corrected chi connectivity index (χ2v) is 11.9. The third-order valence-electron chi connectivity index (χ3n) is 8.55. The molecule has 232 valence electrons. The number of benzene rings is 5. The molecule has 0 aliphatic heterocycles. The lowest BCUT2D eigenvalue weighted by atomic mass is 9.90. The van der Waals surface area contributed by atoms with Crippen molar-refractivity contribution < 1.29 is 0 Å². The molecule has 5 aromatic rings. The van der Waals surface area contributed by atoms with Crippen molar-refractivity contribution in [1.82, 2.24) is 0 Å². The van der Waals surface area contributed by atoms with Gasteiger partial charge in [0.1, 0.15) is 0 Å². The Morgan fingerprint density at radius 1 is 0.426 bits per heavy atom. The predicted octanol–water partition coefficient (Wildman–Crippen LogP) is 12.8. The van der Waals surface area contributed by atoms with Crippen molar-refractivity contribution in [2.75, 3.05) is 4.90 Å². The Kier molecular flexibility index (Phi) is 11.3. The molecule has 1 aliphatic carbocycles. The summed E-state index contributed by atoms with van der Waals surface area (Å²) in [7, 11) is 0. The van der Waals surface area contributed by atoms with Crippen LogP contribution in [0.5, 0.6) is 0 Å². The van der Waals surface area contributed by atoms with Crippen LogP contribution < -0.4 is 4.90 Å². The molecule has 0 saturated heterocycles. The molecule has 1 heteroatoms. The fourth-order valence-corrected chi connectivity index (χ4v) is 6.09. The molecule has 0 heterocycles. The number of rotatable bonds is 12. The largest absolute Gasteiger partial charge is 0.310 e. The van der Waals surface area contributed by atoms with Crippen molar-refractivity contribution in [2.45, 2.75) is 38.5 Å². The van der Waals surface area contributed by atoms with Crippen LogP contribution in [0.3, 0.4) is 0 Å². The first-order valence-corrected chi connectivity index (χ1v) is 16.9. The first kappa shape index (κ1) is 31.6. The minimum Gasteiger partial charge on any atom is -0.310 e. The molecule has 6 rings (SSSR count). The SMILES string of the molecule is C(=C\C=C\c1ccc(N(c2ccc(/C=C/CC/C=C/c3ccccc3)cc2)c2cccc3c2CCCC3)cc1)/C=C/c1ccccc1. The highest BCUT2D eigenvalue weighted by molar-refractivity contribution is 5.80. The normalized spacial score (nSPS) is 13.4. The predicted molar refractivity (Wildman–Crippen MR) is 205 cm³/mol. The van der Waals surface area contributed by atoms with Crippen molar-refractivity contribution >= 4 is 41.4 Å². The quantitative estimate of drug-likeness (QED) is 0.100. The van der Waals surface area contributed by atoms with E-state index in [9.17, 15) is 0 Å². The maximum Gasteiger partial charge on any atom is 0.0496 e. The van der Waals surface area contributed by atoms with E-state index in [1.807, 2.05) is 6.07 Å². The van der Waals surface area contributed by atoms with Crippen LogP contribution in [-0.2, 0) is 12.8 Å². The highest BCUT2D eigenvalue weighted by Gasteiger charge is 2.20. The van der Waals surface area contributed by atoms with Crippen molar-refractivity contribution in [3.8, 4) is 0 Å². The second kappa shape index (κ2) is 16.8. The van der Waals surface area contributed by atoms with Crippen LogP contribution in [-0.4, -0.2) is 0 Å². The lowest BCUT2D eigenvalue weighted by molar-refractivity contribution is 0.686. The van der Waals surface area contributed by atoms with Gasteiger partial charge in [0, 0.05) is 17.1 Å². The summed E-state index contributed by atoms with van der Waals surface area (Å²) in [6.45, 7) is 0. The maximum absolute atomic E-state index is 2.44. The van der Waals surface area contributed by atoms with Crippen LogP contribution in [0.25, 0.3) is 24.3 Å². The molecule has 0 spiro atoms. The molecular formula is C46H43N. The van der Waals surface area contributed by atoms with E-state index in [0.717, 1.165) is 19.3 Å². The van der Waals surface area contributed by atoms with E-state index in [0.29, 0.717) is 0 Å². The third kappa shape index (κ3) is 9.08. The maximum atomic E-state index is 2.44. The molecular weight excluding hydrogens is 567 g/mol. The summed E-state index contributed by atoms with van der Waals surface area (Å²) in [5.74, 6) is 0. The molecule has 0 atom stereocenters. The summed E-state index contributed by atoms with van der Waals surface area (Å²) in [4.78, 5) is 2.44. The number of aryl methyl sites for hydroxylation is 1. The number of nitrogens with zero attached hydrogens (tertiary/aromatic N) is 1. The Morgan fingerprint density at radius 2 is 0.915 bits per heavy atom. The van der Waals surface area contributed by atoms with Gasteiger partial charge in [-0.1, -0.05) is 158 Å². The standard InChI is InChI=1S/C46H43N/c1(7-18-38-20-11-5-12-21-38)3-9-24-40-30-34-43(35-31-40)47(46-29-17-27-42-26-15-16-28-45(42)46)44-36-32-41(33-37-44)25-10-4-2-8-19-39-22-13-6-14-23-39/h1,3,5-14,17-25,27,29-37H,2,4,15-16,26,28H2/b3-1+,18-7+,19-8+,24-9+,25-10+. The third-order valence-corrected chi connectivity index (χ3v) is 8.55. The zero-order valence-electron chi connectivity index (χ0n) is 27.1. The van der Waals surface area contributed by atoms with E-state index in [4.69, 9.17) is 0 Å². The summed E-state index contributed by atoms with van der Waals surface area (Å²) >= 11 is 0. The fraction of sp³-hybridized carbons (Fsp3) is 0.130. The summed E-state index contributed by atoms with van der Waals surface area (Å²) < 4.78 is 0. The van der Waals surface area contributed by atoms with Crippen molar-refractivity contribution in [3.63, 3.8) is 0 Å². The summed E-state index contributed by atoms with van der Waals surface area (Å²) in [6.07, 6.45) is 28.4. The number of allylic oxidation sites excluding steroid dienone is 6. The minimum atomic E-state index is 1.02. The van der Waals surface area contributed by atoms with Gasteiger partial charge < -0.3 is 4.90 Å². The van der Waals surface area contributed by atoms with Gasteiger partial charge in [0.25, 0.3) is 0 Å². The first-order chi connectivity index (χ1) is 23.3. The van der Waals surface area contributed by atoms with E-state index in [1.165, 1.54) is 69.7 Å². The highest BCUT2D eigenvalue weighted by atomic mass is 15.1. The molecule has 0 unspecified atom stereocenters. The molecule has 5 aromatic carbocycles. The van der Waals surface area contributed by atoms with E-state index in [1.54, 1.807) is 0 Å². The van der Waals surface area contributed by atoms with Crippen LogP contribution in [0.1, 0.15) is 59.1 Å². The van der Waals surface area contributed by atoms with Crippen LogP contribution in [0.4, 0.5) is 17.1 Å². The van der Waals surface area contributed by atoms with E-state index in [-0.39, 0.29) is 0 Å². The number of hydrogen-bond donors (Lipinski definition) is 0. The van der Waals surface area contributed by atoms with Crippen molar-refractivity contribution in [3.05, 3.63) is 197 Å². The van der Waals surface area contributed by atoms with E-state index < -0.39 is 0 Å². The van der Waals surface area contributed by atoms with Crippen LogP contribution >= 0.6 is 0 Å². The molecule has 0 bridgehead atoms. The smallest absolute Gasteiger partial charge is 0.0496 e. The molecule has 0 saturated carbocycles. The number of hydrogen-bond acceptors (Lipinski definition) is 1. The van der Waals surface area contributed by atoms with Crippen LogP contribution in [0, 0.1) is 0 Å². The minimum absolute atomic E-state index is 1.02. The van der Waals surface area contributed by atoms with Gasteiger partial charge in [-0.2, -0.15) is 0 Å². The Balaban J connectivity index is 1.16. The molecule has 0 N–H and O–H groups in total. The van der Waals surface area contributed by atoms with Crippen LogP contribution in [0.2, 0.25) is 0 Å². The fourth-order valence-electron chi connectivity index (χ4n) is 6.09. The lowest BCUT2D eigenvalue weighted by Crippen LogP contribution is -2.15. The Bertz CT molecular complexity index is 1840. The zero-order chi connectivity index (χ0) is 31.9. The van der Waals surface area contributed by atoms with Crippen LogP contribution in [0.15, 0.2) is 164 Å². The van der Waals surface area contributed by atoms with Gasteiger partial charge in [-0.25, -0.2) is 0 Å². The monoisotopic (exact) mass is 609 g/mol. The molecule has 0 fully saturated rings.